The van der Waals surface area contributed by atoms with Gasteiger partial charge in [0.2, 0.25) is 0 Å². The van der Waals surface area contributed by atoms with E-state index >= 15 is 0 Å². The minimum absolute atomic E-state index is 0. The Balaban J connectivity index is 0.000000260. The summed E-state index contributed by atoms with van der Waals surface area (Å²) in [6.07, 6.45) is 1.03. The molecular weight excluding hydrogens is 671 g/mol. The van der Waals surface area contributed by atoms with E-state index in [1.54, 1.807) is 23.3 Å². The van der Waals surface area contributed by atoms with Crippen molar-refractivity contribution in [2.45, 2.75) is 72.6 Å². The van der Waals surface area contributed by atoms with Crippen molar-refractivity contribution in [3.63, 3.8) is 0 Å². The molecule has 0 amide bonds. The summed E-state index contributed by atoms with van der Waals surface area (Å²) in [4.78, 5) is 0. The van der Waals surface area contributed by atoms with Crippen molar-refractivity contribution in [3.05, 3.63) is 149 Å². The Morgan fingerprint density at radius 1 is 0.659 bits per heavy atom. The van der Waals surface area contributed by atoms with Crippen LogP contribution in [0.15, 0.2) is 109 Å². The zero-order chi connectivity index (χ0) is 30.5. The third-order valence-electron chi connectivity index (χ3n) is 7.70. The predicted octanol–water partition coefficient (Wildman–Crippen LogP) is 3.02. The van der Waals surface area contributed by atoms with Crippen LogP contribution in [0.2, 0.25) is 0 Å². The maximum Gasteiger partial charge on any atom is -0.172 e. The van der Waals surface area contributed by atoms with E-state index in [1.807, 2.05) is 30.3 Å². The number of aryl methyl sites for hydroxylation is 2. The molecule has 0 heterocycles. The first kappa shape index (κ1) is 38.1. The van der Waals surface area contributed by atoms with Crippen molar-refractivity contribution in [1.82, 2.24) is 0 Å². The van der Waals surface area contributed by atoms with Crippen LogP contribution in [-0.2, 0) is 40.6 Å². The van der Waals surface area contributed by atoms with Gasteiger partial charge in [-0.15, -0.1) is 11.1 Å². The molecule has 0 N–H and O–H groups in total. The average molecular weight is 715 g/mol. The summed E-state index contributed by atoms with van der Waals surface area (Å²) in [7, 11) is 0. The van der Waals surface area contributed by atoms with Gasteiger partial charge in [-0.25, -0.2) is 12.1 Å². The largest absolute Gasteiger partial charge is 1.00 e. The molecule has 0 nitrogen and oxygen atoms in total. The minimum Gasteiger partial charge on any atom is -1.00 e. The molecular formula is C40H44Cl2SiZr-2. The number of fused-ring (bicyclic) bond motifs is 3. The fraction of sp³-hybridized carbons (Fsp3) is 0.275. The molecule has 0 unspecified atom stereocenters. The quantitative estimate of drug-likeness (QED) is 0.191. The molecule has 0 saturated carbocycles. The van der Waals surface area contributed by atoms with Crippen molar-refractivity contribution >= 4 is 15.8 Å². The number of benzene rings is 4. The number of halogens is 2. The van der Waals surface area contributed by atoms with Gasteiger partial charge in [0.1, 0.15) is 0 Å². The summed E-state index contributed by atoms with van der Waals surface area (Å²) in [5, 5.41) is 3.05. The third kappa shape index (κ3) is 10.2. The Bertz CT molecular complexity index is 1490. The first-order chi connectivity index (χ1) is 19.8. The molecule has 6 rings (SSSR count). The standard InChI is InChI=1S/C21H25.C14H14Si.C5H5.2ClH.Zr/c1-20(2,3)16-7-9-18-14(12-16)11-15-13-17(21(4,5)6)8-10-19(15)18;1-11-3-7-13(8-4-11)15-14-9-5-12(2)6-10-14;1-2-4-5-3-1;;;/h7-10,12H,11H2,1-6H3;3-10H,1-2H3;1-5H;2*1H;/q-1;;-1;;;+2/p-2. The maximum atomic E-state index is 3.67. The van der Waals surface area contributed by atoms with Crippen LogP contribution in [0.25, 0.3) is 11.1 Å². The van der Waals surface area contributed by atoms with Crippen LogP contribution in [0.4, 0.5) is 0 Å². The molecule has 0 atom stereocenters. The van der Waals surface area contributed by atoms with Crippen molar-refractivity contribution in [2.75, 3.05) is 0 Å². The van der Waals surface area contributed by atoms with Gasteiger partial charge in [-0.3, -0.25) is 0 Å². The monoisotopic (exact) mass is 712 g/mol. The Kier molecular flexibility index (Phi) is 14.3. The van der Waals surface area contributed by atoms with Gasteiger partial charge in [0.25, 0.3) is 0 Å². The summed E-state index contributed by atoms with van der Waals surface area (Å²) >= 11 is 1.65. The van der Waals surface area contributed by atoms with Crippen molar-refractivity contribution in [1.29, 1.82) is 0 Å². The topological polar surface area (TPSA) is 0 Å². The molecule has 4 heteroatoms. The summed E-state index contributed by atoms with van der Waals surface area (Å²) in [6.45, 7) is 17.9. The van der Waals surface area contributed by atoms with E-state index < -0.39 is 5.43 Å². The summed E-state index contributed by atoms with van der Waals surface area (Å²) in [5.74, 6) is 0. The van der Waals surface area contributed by atoms with Gasteiger partial charge >= 0.3 is 113 Å². The zero-order valence-corrected chi connectivity index (χ0v) is 32.3. The Morgan fingerprint density at radius 2 is 1.16 bits per heavy atom. The van der Waals surface area contributed by atoms with Gasteiger partial charge in [0.05, 0.1) is 0 Å². The van der Waals surface area contributed by atoms with Crippen LogP contribution in [0.1, 0.15) is 74.9 Å². The second kappa shape index (κ2) is 16.5. The Morgan fingerprint density at radius 3 is 1.59 bits per heavy atom. The first-order valence-corrected chi connectivity index (χ1v) is 20.1. The first-order valence-electron chi connectivity index (χ1n) is 14.9. The van der Waals surface area contributed by atoms with Crippen molar-refractivity contribution in [2.24, 2.45) is 0 Å². The molecule has 0 radical (unpaired) electrons. The van der Waals surface area contributed by atoms with Crippen LogP contribution < -0.4 is 35.2 Å². The van der Waals surface area contributed by atoms with Crippen LogP contribution in [-0.4, -0.2) is 5.43 Å². The molecule has 0 bridgehead atoms. The van der Waals surface area contributed by atoms with Crippen LogP contribution in [0, 0.1) is 19.9 Å². The molecule has 228 valence electrons. The second-order valence-corrected chi connectivity index (χ2v) is 19.0. The predicted molar refractivity (Wildman–Crippen MR) is 180 cm³/mol. The van der Waals surface area contributed by atoms with E-state index in [0.29, 0.717) is 0 Å². The molecule has 0 aliphatic heterocycles. The fourth-order valence-corrected chi connectivity index (χ4v) is 8.75. The zero-order valence-electron chi connectivity index (χ0n) is 27.4. The SMILES string of the molecule is CC(C)(C)c1[c-]c2c(cc1)-c1ccc(C(C)(C)C)cc1C2.Cc1ccc([Si](=[Zr+2])c2ccc(C)cc2)cc1.[Cl-].[Cl-].c1cc[cH-]c1. The van der Waals surface area contributed by atoms with Gasteiger partial charge in [-0.05, 0) is 28.4 Å². The maximum absolute atomic E-state index is 3.67. The third-order valence-corrected chi connectivity index (χ3v) is 13.8. The van der Waals surface area contributed by atoms with E-state index in [0.717, 1.165) is 6.42 Å². The van der Waals surface area contributed by atoms with Gasteiger partial charge < -0.3 is 24.8 Å². The molecule has 44 heavy (non-hydrogen) atoms. The van der Waals surface area contributed by atoms with Crippen LogP contribution >= 0.6 is 0 Å². The molecule has 5 aromatic carbocycles. The molecule has 1 aliphatic rings. The van der Waals surface area contributed by atoms with Crippen molar-refractivity contribution in [3.8, 4) is 11.1 Å². The second-order valence-electron chi connectivity index (χ2n) is 13.4. The number of hydrogen-bond acceptors (Lipinski definition) is 0. The van der Waals surface area contributed by atoms with E-state index in [2.05, 4.69) is 140 Å². The number of rotatable bonds is 2. The van der Waals surface area contributed by atoms with Crippen LogP contribution in [0.5, 0.6) is 0 Å². The van der Waals surface area contributed by atoms with Crippen molar-refractivity contribution < 1.29 is 48.1 Å². The summed E-state index contributed by atoms with van der Waals surface area (Å²) in [5.41, 5.74) is 10.9. The Labute approximate surface area is 294 Å². The summed E-state index contributed by atoms with van der Waals surface area (Å²) in [6, 6.07) is 43.2. The molecule has 5 aromatic rings. The molecule has 0 aromatic heterocycles. The van der Waals surface area contributed by atoms with Gasteiger partial charge in [0.15, 0.2) is 0 Å². The molecule has 0 saturated heterocycles. The van der Waals surface area contributed by atoms with E-state index in [4.69, 9.17) is 0 Å². The normalized spacial score (nSPS) is 11.3. The number of hydrogen-bond donors (Lipinski definition) is 0. The van der Waals surface area contributed by atoms with E-state index in [1.165, 1.54) is 54.9 Å². The summed E-state index contributed by atoms with van der Waals surface area (Å²) < 4.78 is 0. The van der Waals surface area contributed by atoms with Crippen LogP contribution in [0.3, 0.4) is 0 Å². The molecule has 1 aliphatic carbocycles. The average Bonchev–Trinajstić information content (AvgIpc) is 3.64. The molecule has 0 spiro atoms. The molecule has 0 fully saturated rings. The van der Waals surface area contributed by atoms with E-state index in [-0.39, 0.29) is 35.6 Å². The van der Waals surface area contributed by atoms with Gasteiger partial charge in [-0.1, -0.05) is 65.3 Å². The Hall–Kier alpha value is -2.09. The minimum atomic E-state index is -0.488. The fourth-order valence-electron chi connectivity index (χ4n) is 4.96. The smallest absolute Gasteiger partial charge is 0.172 e. The van der Waals surface area contributed by atoms with Gasteiger partial charge in [-0.2, -0.15) is 42.0 Å². The van der Waals surface area contributed by atoms with Gasteiger partial charge in [0, 0.05) is 0 Å². The van der Waals surface area contributed by atoms with E-state index in [9.17, 15) is 0 Å².